The van der Waals surface area contributed by atoms with E-state index in [0.29, 0.717) is 24.4 Å². The number of hydrogen-bond donors (Lipinski definition) is 3. The number of aromatic nitrogens is 2. The smallest absolute Gasteiger partial charge is 0.319 e. The van der Waals surface area contributed by atoms with Crippen molar-refractivity contribution in [3.8, 4) is 11.1 Å². The molecular formula is C22H25N5O2S. The van der Waals surface area contributed by atoms with Gasteiger partial charge in [0.15, 0.2) is 0 Å². The summed E-state index contributed by atoms with van der Waals surface area (Å²) < 4.78 is 0. The Hall–Kier alpha value is -3.26. The molecule has 0 radical (unpaired) electrons. The van der Waals surface area contributed by atoms with Gasteiger partial charge in [-0.15, -0.1) is 11.8 Å². The molecule has 1 heterocycles. The van der Waals surface area contributed by atoms with Crippen molar-refractivity contribution < 1.29 is 9.59 Å². The molecule has 0 spiro atoms. The number of urea groups is 1. The number of nitrogens with zero attached hydrogens (tertiary/aromatic N) is 2. The van der Waals surface area contributed by atoms with Crippen LogP contribution in [0.5, 0.6) is 0 Å². The Bertz CT molecular complexity index is 974. The molecule has 0 unspecified atom stereocenters. The summed E-state index contributed by atoms with van der Waals surface area (Å²) in [4.78, 5) is 26.8. The number of nitrogens with one attached hydrogen (secondary N) is 3. The zero-order valence-electron chi connectivity index (χ0n) is 17.0. The molecule has 30 heavy (non-hydrogen) atoms. The quantitative estimate of drug-likeness (QED) is 0.478. The van der Waals surface area contributed by atoms with Crippen LogP contribution in [-0.2, 0) is 11.3 Å². The lowest BCUT2D eigenvalue weighted by Gasteiger charge is -2.14. The van der Waals surface area contributed by atoms with Crippen molar-refractivity contribution in [3.63, 3.8) is 0 Å². The Balaban J connectivity index is 1.69. The van der Waals surface area contributed by atoms with Gasteiger partial charge in [0.05, 0.1) is 11.9 Å². The Morgan fingerprint density at radius 2 is 1.90 bits per heavy atom. The van der Waals surface area contributed by atoms with Gasteiger partial charge in [0.1, 0.15) is 0 Å². The van der Waals surface area contributed by atoms with Crippen molar-refractivity contribution in [2.45, 2.75) is 17.9 Å². The first-order chi connectivity index (χ1) is 14.5. The van der Waals surface area contributed by atoms with Crippen LogP contribution >= 0.6 is 11.8 Å². The topological polar surface area (TPSA) is 90.1 Å². The van der Waals surface area contributed by atoms with E-state index in [1.807, 2.05) is 54.7 Å². The normalized spacial score (nSPS) is 10.5. The molecule has 3 aromatic rings. The van der Waals surface area contributed by atoms with E-state index in [9.17, 15) is 9.59 Å². The molecule has 0 aliphatic heterocycles. The van der Waals surface area contributed by atoms with Crippen molar-refractivity contribution >= 4 is 29.4 Å². The van der Waals surface area contributed by atoms with Gasteiger partial charge in [0.2, 0.25) is 5.91 Å². The summed E-state index contributed by atoms with van der Waals surface area (Å²) in [6, 6.07) is 15.3. The van der Waals surface area contributed by atoms with Crippen LogP contribution in [-0.4, -0.2) is 46.9 Å². The number of hydrogen-bond acceptors (Lipinski definition) is 4. The Morgan fingerprint density at radius 1 is 1.10 bits per heavy atom. The summed E-state index contributed by atoms with van der Waals surface area (Å²) in [7, 11) is 3.49. The molecule has 3 N–H and O–H groups in total. The van der Waals surface area contributed by atoms with E-state index in [-0.39, 0.29) is 11.9 Å². The molecule has 0 fully saturated rings. The largest absolute Gasteiger partial charge is 0.349 e. The van der Waals surface area contributed by atoms with Crippen LogP contribution in [0, 0.1) is 0 Å². The first-order valence-electron chi connectivity index (χ1n) is 9.58. The van der Waals surface area contributed by atoms with E-state index < -0.39 is 0 Å². The van der Waals surface area contributed by atoms with Crippen LogP contribution in [0.25, 0.3) is 11.1 Å². The van der Waals surface area contributed by atoms with Crippen LogP contribution < -0.4 is 10.6 Å². The molecule has 0 aliphatic rings. The monoisotopic (exact) mass is 423 g/mol. The fourth-order valence-corrected chi connectivity index (χ4v) is 3.73. The van der Waals surface area contributed by atoms with Gasteiger partial charge in [-0.05, 0) is 23.3 Å². The zero-order chi connectivity index (χ0) is 21.3. The fraction of sp³-hybridized carbons (Fsp3) is 0.227. The SMILES string of the molecule is CN(C)C(=O)CCSc1cc(-c2cn[nH]c2)ccc1NC(=O)NCc1ccccc1. The first kappa shape index (κ1) is 21.4. The molecule has 3 amide bonds. The highest BCUT2D eigenvalue weighted by Gasteiger charge is 2.12. The molecule has 0 aliphatic carbocycles. The van der Waals surface area contributed by atoms with Gasteiger partial charge >= 0.3 is 6.03 Å². The van der Waals surface area contributed by atoms with Crippen molar-refractivity contribution in [3.05, 3.63) is 66.5 Å². The summed E-state index contributed by atoms with van der Waals surface area (Å²) in [6.45, 7) is 0.444. The average molecular weight is 424 g/mol. The van der Waals surface area contributed by atoms with Crippen LogP contribution in [0.4, 0.5) is 10.5 Å². The van der Waals surface area contributed by atoms with Gasteiger partial charge in [-0.25, -0.2) is 4.79 Å². The van der Waals surface area contributed by atoms with Gasteiger partial charge in [0, 0.05) is 49.5 Å². The van der Waals surface area contributed by atoms with E-state index in [1.165, 1.54) is 0 Å². The number of carbonyl (C=O) groups is 2. The van der Waals surface area contributed by atoms with Crippen molar-refractivity contribution in [2.24, 2.45) is 0 Å². The van der Waals surface area contributed by atoms with Gasteiger partial charge in [-0.3, -0.25) is 9.89 Å². The third-order valence-electron chi connectivity index (χ3n) is 4.43. The number of aromatic amines is 1. The molecule has 7 nitrogen and oxygen atoms in total. The van der Waals surface area contributed by atoms with E-state index in [4.69, 9.17) is 0 Å². The number of anilines is 1. The summed E-state index contributed by atoms with van der Waals surface area (Å²) in [5.41, 5.74) is 3.68. The molecule has 156 valence electrons. The first-order valence-corrected chi connectivity index (χ1v) is 10.6. The molecular weight excluding hydrogens is 398 g/mol. The maximum absolute atomic E-state index is 12.4. The highest BCUT2D eigenvalue weighted by atomic mass is 32.2. The van der Waals surface area contributed by atoms with Crippen molar-refractivity contribution in [1.82, 2.24) is 20.4 Å². The van der Waals surface area contributed by atoms with Gasteiger partial charge in [-0.1, -0.05) is 36.4 Å². The molecule has 3 rings (SSSR count). The van der Waals surface area contributed by atoms with Crippen LogP contribution in [0.1, 0.15) is 12.0 Å². The minimum Gasteiger partial charge on any atom is -0.349 e. The van der Waals surface area contributed by atoms with E-state index in [2.05, 4.69) is 20.8 Å². The van der Waals surface area contributed by atoms with Gasteiger partial charge in [0.25, 0.3) is 0 Å². The lowest BCUT2D eigenvalue weighted by atomic mass is 10.1. The Morgan fingerprint density at radius 3 is 2.60 bits per heavy atom. The lowest BCUT2D eigenvalue weighted by Crippen LogP contribution is -2.28. The number of thioether (sulfide) groups is 1. The third-order valence-corrected chi connectivity index (χ3v) is 5.49. The van der Waals surface area contributed by atoms with Crippen LogP contribution in [0.15, 0.2) is 65.8 Å². The van der Waals surface area contributed by atoms with Crippen molar-refractivity contribution in [2.75, 3.05) is 25.2 Å². The second kappa shape index (κ2) is 10.5. The number of benzene rings is 2. The molecule has 2 aromatic carbocycles. The molecule has 0 atom stereocenters. The number of carbonyl (C=O) groups excluding carboxylic acids is 2. The summed E-state index contributed by atoms with van der Waals surface area (Å²) in [5.74, 6) is 0.690. The standard InChI is InChI=1S/C22H25N5O2S/c1-27(2)21(28)10-11-30-20-12-17(18-14-24-25-15-18)8-9-19(20)26-22(29)23-13-16-6-4-3-5-7-16/h3-9,12,14-15H,10-11,13H2,1-2H3,(H,24,25)(H2,23,26,29). The Kier molecular flexibility index (Phi) is 7.51. The fourth-order valence-electron chi connectivity index (χ4n) is 2.75. The highest BCUT2D eigenvalue weighted by Crippen LogP contribution is 2.32. The Labute approximate surface area is 180 Å². The minimum absolute atomic E-state index is 0.0728. The third kappa shape index (κ3) is 6.12. The minimum atomic E-state index is -0.277. The average Bonchev–Trinajstić information content (AvgIpc) is 3.29. The van der Waals surface area contributed by atoms with E-state index in [0.717, 1.165) is 21.6 Å². The molecule has 8 heteroatoms. The van der Waals surface area contributed by atoms with E-state index >= 15 is 0 Å². The number of amides is 3. The maximum atomic E-state index is 12.4. The van der Waals surface area contributed by atoms with Crippen molar-refractivity contribution in [1.29, 1.82) is 0 Å². The molecule has 0 saturated heterocycles. The predicted octanol–water partition coefficient (Wildman–Crippen LogP) is 3.97. The zero-order valence-corrected chi connectivity index (χ0v) is 17.8. The molecule has 1 aromatic heterocycles. The summed E-state index contributed by atoms with van der Waals surface area (Å²) >= 11 is 1.54. The van der Waals surface area contributed by atoms with Gasteiger partial charge < -0.3 is 15.5 Å². The second-order valence-electron chi connectivity index (χ2n) is 6.88. The van der Waals surface area contributed by atoms with Crippen LogP contribution in [0.3, 0.4) is 0 Å². The lowest BCUT2D eigenvalue weighted by molar-refractivity contribution is -0.128. The highest BCUT2D eigenvalue weighted by molar-refractivity contribution is 7.99. The summed E-state index contributed by atoms with van der Waals surface area (Å²) in [5, 5.41) is 12.6. The van der Waals surface area contributed by atoms with Gasteiger partial charge in [-0.2, -0.15) is 5.10 Å². The summed E-state index contributed by atoms with van der Waals surface area (Å²) in [6.07, 6.45) is 3.99. The second-order valence-corrected chi connectivity index (χ2v) is 8.01. The van der Waals surface area contributed by atoms with E-state index in [1.54, 1.807) is 37.0 Å². The number of H-pyrrole nitrogens is 1. The molecule has 0 bridgehead atoms. The predicted molar refractivity (Wildman–Crippen MR) is 120 cm³/mol. The van der Waals surface area contributed by atoms with Crippen LogP contribution in [0.2, 0.25) is 0 Å². The molecule has 0 saturated carbocycles. The maximum Gasteiger partial charge on any atom is 0.319 e. The number of rotatable bonds is 8.